The van der Waals surface area contributed by atoms with Gasteiger partial charge < -0.3 is 9.88 Å². The summed E-state index contributed by atoms with van der Waals surface area (Å²) in [6, 6.07) is 4.43. The van der Waals surface area contributed by atoms with Crippen molar-refractivity contribution in [2.75, 3.05) is 18.4 Å². The maximum Gasteiger partial charge on any atom is 0.229 e. The average molecular weight is 313 g/mol. The molecule has 21 heavy (non-hydrogen) atoms. The first-order valence-corrected chi connectivity index (χ1v) is 6.79. The number of fused-ring (bicyclic) bond motifs is 1. The molecule has 2 N–H and O–H groups in total. The lowest BCUT2D eigenvalue weighted by atomic mass is 9.97. The van der Waals surface area contributed by atoms with Crippen LogP contribution in [-0.4, -0.2) is 28.5 Å². The number of anilines is 1. The van der Waals surface area contributed by atoms with E-state index in [9.17, 15) is 9.18 Å². The summed E-state index contributed by atoms with van der Waals surface area (Å²) in [5.74, 6) is 0.152. The van der Waals surface area contributed by atoms with E-state index in [2.05, 4.69) is 15.6 Å². The number of piperidine rings is 1. The van der Waals surface area contributed by atoms with Crippen molar-refractivity contribution in [2.24, 2.45) is 13.0 Å². The molecule has 1 saturated heterocycles. The molecule has 0 unspecified atom stereocenters. The number of nitrogens with one attached hydrogen (secondary N) is 2. The highest BCUT2D eigenvalue weighted by Gasteiger charge is 2.22. The molecule has 1 amide bonds. The summed E-state index contributed by atoms with van der Waals surface area (Å²) < 4.78 is 15.0. The number of rotatable bonds is 2. The molecule has 1 aromatic heterocycles. The smallest absolute Gasteiger partial charge is 0.229 e. The zero-order valence-electron chi connectivity index (χ0n) is 11.7. The fourth-order valence-corrected chi connectivity index (χ4v) is 2.58. The van der Waals surface area contributed by atoms with Gasteiger partial charge in [-0.15, -0.1) is 12.4 Å². The zero-order chi connectivity index (χ0) is 14.1. The van der Waals surface area contributed by atoms with Crippen LogP contribution in [-0.2, 0) is 11.8 Å². The van der Waals surface area contributed by atoms with Gasteiger partial charge in [0.25, 0.3) is 0 Å². The van der Waals surface area contributed by atoms with Gasteiger partial charge in [0.05, 0.1) is 11.0 Å². The lowest BCUT2D eigenvalue weighted by Gasteiger charge is -2.21. The molecule has 1 fully saturated rings. The summed E-state index contributed by atoms with van der Waals surface area (Å²) in [5, 5.41) is 6.08. The molecule has 0 atom stereocenters. The number of imidazole rings is 1. The Kier molecular flexibility index (Phi) is 4.80. The predicted molar refractivity (Wildman–Crippen MR) is 82.1 cm³/mol. The Labute approximate surface area is 128 Å². The van der Waals surface area contributed by atoms with Crippen LogP contribution in [0.2, 0.25) is 0 Å². The van der Waals surface area contributed by atoms with Gasteiger partial charge in [0, 0.05) is 19.0 Å². The summed E-state index contributed by atoms with van der Waals surface area (Å²) in [5.41, 5.74) is 1.35. The molecule has 1 aliphatic heterocycles. The van der Waals surface area contributed by atoms with Gasteiger partial charge in [0.15, 0.2) is 0 Å². The largest absolute Gasteiger partial charge is 0.317 e. The third-order valence-corrected chi connectivity index (χ3v) is 3.79. The van der Waals surface area contributed by atoms with Crippen LogP contribution < -0.4 is 10.6 Å². The number of amides is 1. The van der Waals surface area contributed by atoms with Crippen LogP contribution in [0.1, 0.15) is 12.8 Å². The summed E-state index contributed by atoms with van der Waals surface area (Å²) >= 11 is 0. The molecule has 0 radical (unpaired) electrons. The molecular weight excluding hydrogens is 295 g/mol. The van der Waals surface area contributed by atoms with Crippen LogP contribution in [0, 0.1) is 11.7 Å². The second-order valence-corrected chi connectivity index (χ2v) is 5.14. The standard InChI is InChI=1S/C14H17FN4O.ClH/c1-19-12-3-2-10(15)8-11(12)17-14(19)18-13(20)9-4-6-16-7-5-9;/h2-3,8-9,16H,4-7H2,1H3,(H,17,18,20);1H. The summed E-state index contributed by atoms with van der Waals surface area (Å²) in [6.45, 7) is 1.73. The van der Waals surface area contributed by atoms with Gasteiger partial charge in [0.2, 0.25) is 11.9 Å². The number of nitrogens with zero attached hydrogens (tertiary/aromatic N) is 2. The van der Waals surface area contributed by atoms with Crippen LogP contribution in [0.3, 0.4) is 0 Å². The highest BCUT2D eigenvalue weighted by molar-refractivity contribution is 5.93. The fourth-order valence-electron chi connectivity index (χ4n) is 2.58. The highest BCUT2D eigenvalue weighted by Crippen LogP contribution is 2.20. The Morgan fingerprint density at radius 3 is 2.86 bits per heavy atom. The van der Waals surface area contributed by atoms with E-state index in [0.717, 1.165) is 31.4 Å². The number of hydrogen-bond donors (Lipinski definition) is 2. The average Bonchev–Trinajstić information content (AvgIpc) is 2.75. The van der Waals surface area contributed by atoms with Crippen LogP contribution in [0.5, 0.6) is 0 Å². The van der Waals surface area contributed by atoms with Crippen LogP contribution in [0.25, 0.3) is 11.0 Å². The molecule has 2 aromatic rings. The molecular formula is C14H18ClFN4O. The quantitative estimate of drug-likeness (QED) is 0.892. The van der Waals surface area contributed by atoms with Crippen LogP contribution >= 0.6 is 12.4 Å². The van der Waals surface area contributed by atoms with Crippen molar-refractivity contribution in [1.82, 2.24) is 14.9 Å². The third-order valence-electron chi connectivity index (χ3n) is 3.79. The van der Waals surface area contributed by atoms with Crippen molar-refractivity contribution in [3.8, 4) is 0 Å². The number of carbonyl (C=O) groups excluding carboxylic acids is 1. The monoisotopic (exact) mass is 312 g/mol. The van der Waals surface area contributed by atoms with Crippen molar-refractivity contribution < 1.29 is 9.18 Å². The second-order valence-electron chi connectivity index (χ2n) is 5.14. The van der Waals surface area contributed by atoms with E-state index in [1.807, 2.05) is 7.05 Å². The van der Waals surface area contributed by atoms with Gasteiger partial charge in [-0.05, 0) is 38.1 Å². The molecule has 0 aliphatic carbocycles. The fraction of sp³-hybridized carbons (Fsp3) is 0.429. The van der Waals surface area contributed by atoms with Gasteiger partial charge in [0.1, 0.15) is 5.82 Å². The number of halogens is 2. The number of aromatic nitrogens is 2. The Morgan fingerprint density at radius 2 is 2.14 bits per heavy atom. The molecule has 2 heterocycles. The van der Waals surface area contributed by atoms with E-state index in [1.54, 1.807) is 10.6 Å². The molecule has 0 saturated carbocycles. The van der Waals surface area contributed by atoms with Gasteiger partial charge in [-0.2, -0.15) is 0 Å². The van der Waals surface area contributed by atoms with E-state index < -0.39 is 0 Å². The normalized spacial score (nSPS) is 15.7. The van der Waals surface area contributed by atoms with Crippen molar-refractivity contribution in [3.63, 3.8) is 0 Å². The van der Waals surface area contributed by atoms with Crippen LogP contribution in [0.15, 0.2) is 18.2 Å². The van der Waals surface area contributed by atoms with E-state index >= 15 is 0 Å². The number of hydrogen-bond acceptors (Lipinski definition) is 3. The van der Waals surface area contributed by atoms with Gasteiger partial charge in [-0.1, -0.05) is 0 Å². The molecule has 0 bridgehead atoms. The minimum Gasteiger partial charge on any atom is -0.317 e. The summed E-state index contributed by atoms with van der Waals surface area (Å²) in [7, 11) is 1.81. The molecule has 7 heteroatoms. The molecule has 1 aromatic carbocycles. The first-order valence-electron chi connectivity index (χ1n) is 6.79. The predicted octanol–water partition coefficient (Wildman–Crippen LogP) is 2.07. The van der Waals surface area contributed by atoms with E-state index in [0.29, 0.717) is 11.5 Å². The maximum absolute atomic E-state index is 13.2. The van der Waals surface area contributed by atoms with Gasteiger partial charge >= 0.3 is 0 Å². The Bertz CT molecular complexity index is 652. The summed E-state index contributed by atoms with van der Waals surface area (Å²) in [6.07, 6.45) is 1.68. The minimum atomic E-state index is -0.327. The van der Waals surface area contributed by atoms with E-state index in [4.69, 9.17) is 0 Å². The van der Waals surface area contributed by atoms with Crippen molar-refractivity contribution in [3.05, 3.63) is 24.0 Å². The van der Waals surface area contributed by atoms with Crippen molar-refractivity contribution >= 4 is 35.3 Å². The Morgan fingerprint density at radius 1 is 1.43 bits per heavy atom. The minimum absolute atomic E-state index is 0. The first-order chi connectivity index (χ1) is 9.65. The summed E-state index contributed by atoms with van der Waals surface area (Å²) in [4.78, 5) is 16.5. The van der Waals surface area contributed by atoms with E-state index in [1.165, 1.54) is 12.1 Å². The highest BCUT2D eigenvalue weighted by atomic mass is 35.5. The molecule has 1 aliphatic rings. The molecule has 114 valence electrons. The molecule has 3 rings (SSSR count). The lowest BCUT2D eigenvalue weighted by Crippen LogP contribution is -2.35. The van der Waals surface area contributed by atoms with Gasteiger partial charge in [-0.25, -0.2) is 9.37 Å². The SMILES string of the molecule is Cl.Cn1c(NC(=O)C2CCNCC2)nc2cc(F)ccc21. The molecule has 5 nitrogen and oxygen atoms in total. The second kappa shape index (κ2) is 6.41. The lowest BCUT2D eigenvalue weighted by molar-refractivity contribution is -0.120. The van der Waals surface area contributed by atoms with Crippen molar-refractivity contribution in [1.29, 1.82) is 0 Å². The Balaban J connectivity index is 0.00000161. The molecule has 0 spiro atoms. The topological polar surface area (TPSA) is 59.0 Å². The number of carbonyl (C=O) groups is 1. The Hall–Kier alpha value is -1.66. The maximum atomic E-state index is 13.2. The van der Waals surface area contributed by atoms with Crippen molar-refractivity contribution in [2.45, 2.75) is 12.8 Å². The number of aryl methyl sites for hydroxylation is 1. The number of benzene rings is 1. The van der Waals surface area contributed by atoms with Gasteiger partial charge in [-0.3, -0.25) is 10.1 Å². The van der Waals surface area contributed by atoms with E-state index in [-0.39, 0.29) is 30.0 Å². The zero-order valence-corrected chi connectivity index (χ0v) is 12.5. The third kappa shape index (κ3) is 3.16. The van der Waals surface area contributed by atoms with Crippen LogP contribution in [0.4, 0.5) is 10.3 Å². The first kappa shape index (κ1) is 15.7.